The summed E-state index contributed by atoms with van der Waals surface area (Å²) in [5, 5.41) is 3.43. The van der Waals surface area contributed by atoms with Crippen LogP contribution in [-0.4, -0.2) is 5.54 Å². The van der Waals surface area contributed by atoms with Crippen molar-refractivity contribution in [3.63, 3.8) is 0 Å². The van der Waals surface area contributed by atoms with Crippen molar-refractivity contribution in [3.8, 4) is 5.75 Å². The molecule has 0 saturated heterocycles. The standard InChI is InChI=1S/C17H23NO2/c1-13-5-7-15(8-6-13)20-12-16-9-14(11-19-16)10-18-17(2,3)4/h5-9,11,18H,10,12H2,1-4H3. The molecule has 0 atom stereocenters. The Hall–Kier alpha value is -1.74. The van der Waals surface area contributed by atoms with E-state index in [9.17, 15) is 0 Å². The number of nitrogens with one attached hydrogen (secondary N) is 1. The molecule has 0 aliphatic carbocycles. The van der Waals surface area contributed by atoms with Gasteiger partial charge in [-0.1, -0.05) is 17.7 Å². The molecule has 1 N–H and O–H groups in total. The van der Waals surface area contributed by atoms with Gasteiger partial charge in [-0.05, 0) is 45.9 Å². The lowest BCUT2D eigenvalue weighted by atomic mass is 10.1. The fraction of sp³-hybridized carbons (Fsp3) is 0.412. The van der Waals surface area contributed by atoms with E-state index >= 15 is 0 Å². The van der Waals surface area contributed by atoms with Crippen LogP contribution in [0.3, 0.4) is 0 Å². The van der Waals surface area contributed by atoms with Crippen molar-refractivity contribution in [1.82, 2.24) is 5.32 Å². The first kappa shape index (κ1) is 14.7. The highest BCUT2D eigenvalue weighted by atomic mass is 16.5. The maximum atomic E-state index is 5.69. The lowest BCUT2D eigenvalue weighted by Gasteiger charge is -2.19. The second-order valence-corrected chi connectivity index (χ2v) is 6.13. The molecule has 0 bridgehead atoms. The maximum absolute atomic E-state index is 5.69. The van der Waals surface area contributed by atoms with Gasteiger partial charge in [-0.2, -0.15) is 0 Å². The molecule has 2 rings (SSSR count). The maximum Gasteiger partial charge on any atom is 0.146 e. The van der Waals surface area contributed by atoms with Gasteiger partial charge in [0.25, 0.3) is 0 Å². The van der Waals surface area contributed by atoms with Crippen LogP contribution >= 0.6 is 0 Å². The topological polar surface area (TPSA) is 34.4 Å². The fourth-order valence-electron chi connectivity index (χ4n) is 1.75. The van der Waals surface area contributed by atoms with Gasteiger partial charge in [-0.25, -0.2) is 0 Å². The van der Waals surface area contributed by atoms with Gasteiger partial charge in [0, 0.05) is 17.6 Å². The summed E-state index contributed by atoms with van der Waals surface area (Å²) in [6.45, 7) is 9.76. The molecule has 0 amide bonds. The number of benzene rings is 1. The summed E-state index contributed by atoms with van der Waals surface area (Å²) in [5.41, 5.74) is 2.48. The van der Waals surface area contributed by atoms with Crippen LogP contribution in [0.4, 0.5) is 0 Å². The van der Waals surface area contributed by atoms with E-state index < -0.39 is 0 Å². The van der Waals surface area contributed by atoms with Crippen molar-refractivity contribution in [3.05, 3.63) is 53.5 Å². The van der Waals surface area contributed by atoms with Crippen molar-refractivity contribution in [1.29, 1.82) is 0 Å². The molecule has 1 aromatic heterocycles. The van der Waals surface area contributed by atoms with Crippen LogP contribution in [0.15, 0.2) is 41.0 Å². The highest BCUT2D eigenvalue weighted by Gasteiger charge is 2.10. The molecule has 0 aliphatic heterocycles. The minimum atomic E-state index is 0.107. The molecule has 2 aromatic rings. The van der Waals surface area contributed by atoms with Gasteiger partial charge in [-0.3, -0.25) is 0 Å². The zero-order valence-corrected chi connectivity index (χ0v) is 12.7. The average Bonchev–Trinajstić information content (AvgIpc) is 2.83. The van der Waals surface area contributed by atoms with E-state index in [2.05, 4.69) is 33.0 Å². The van der Waals surface area contributed by atoms with E-state index in [0.29, 0.717) is 6.61 Å². The lowest BCUT2D eigenvalue weighted by Crippen LogP contribution is -2.34. The summed E-state index contributed by atoms with van der Waals surface area (Å²) < 4.78 is 11.2. The van der Waals surface area contributed by atoms with Gasteiger partial charge in [0.2, 0.25) is 0 Å². The Labute approximate surface area is 121 Å². The van der Waals surface area contributed by atoms with Gasteiger partial charge in [-0.15, -0.1) is 0 Å². The summed E-state index contributed by atoms with van der Waals surface area (Å²) >= 11 is 0. The summed E-state index contributed by atoms with van der Waals surface area (Å²) in [6.07, 6.45) is 1.78. The van der Waals surface area contributed by atoms with Crippen LogP contribution in [0.2, 0.25) is 0 Å². The molecule has 0 radical (unpaired) electrons. The number of aryl methyl sites for hydroxylation is 1. The second kappa shape index (κ2) is 6.14. The first-order valence-electron chi connectivity index (χ1n) is 6.93. The average molecular weight is 273 g/mol. The zero-order valence-electron chi connectivity index (χ0n) is 12.7. The zero-order chi connectivity index (χ0) is 14.6. The molecule has 1 heterocycles. The molecule has 108 valence electrons. The van der Waals surface area contributed by atoms with Crippen LogP contribution < -0.4 is 10.1 Å². The van der Waals surface area contributed by atoms with Crippen LogP contribution in [0.25, 0.3) is 0 Å². The minimum Gasteiger partial charge on any atom is -0.486 e. The van der Waals surface area contributed by atoms with E-state index in [-0.39, 0.29) is 5.54 Å². The summed E-state index contributed by atoms with van der Waals surface area (Å²) in [4.78, 5) is 0. The molecule has 20 heavy (non-hydrogen) atoms. The van der Waals surface area contributed by atoms with Gasteiger partial charge in [0.1, 0.15) is 18.1 Å². The third-order valence-electron chi connectivity index (χ3n) is 2.93. The van der Waals surface area contributed by atoms with Crippen molar-refractivity contribution in [2.75, 3.05) is 0 Å². The Balaban J connectivity index is 1.85. The predicted molar refractivity (Wildman–Crippen MR) is 80.8 cm³/mol. The van der Waals surface area contributed by atoms with E-state index in [4.69, 9.17) is 9.15 Å². The quantitative estimate of drug-likeness (QED) is 0.892. The fourth-order valence-corrected chi connectivity index (χ4v) is 1.75. The van der Waals surface area contributed by atoms with Crippen LogP contribution in [0.5, 0.6) is 5.75 Å². The summed E-state index contributed by atoms with van der Waals surface area (Å²) in [5.74, 6) is 1.71. The molecular formula is C17H23NO2. The van der Waals surface area contributed by atoms with Gasteiger partial charge in [0.05, 0.1) is 6.26 Å². The Morgan fingerprint density at radius 3 is 2.50 bits per heavy atom. The largest absolute Gasteiger partial charge is 0.486 e. The molecule has 0 spiro atoms. The first-order valence-corrected chi connectivity index (χ1v) is 6.93. The van der Waals surface area contributed by atoms with Crippen LogP contribution in [-0.2, 0) is 13.2 Å². The SMILES string of the molecule is Cc1ccc(OCc2cc(CNC(C)(C)C)co2)cc1. The highest BCUT2D eigenvalue weighted by molar-refractivity contribution is 5.26. The Kier molecular flexibility index (Phi) is 4.50. The third kappa shape index (κ3) is 4.74. The van der Waals surface area contributed by atoms with Gasteiger partial charge < -0.3 is 14.5 Å². The smallest absolute Gasteiger partial charge is 0.146 e. The molecule has 0 saturated carbocycles. The molecule has 0 aliphatic rings. The van der Waals surface area contributed by atoms with E-state index in [1.54, 1.807) is 6.26 Å². The molecular weight excluding hydrogens is 250 g/mol. The Morgan fingerprint density at radius 1 is 1.15 bits per heavy atom. The van der Waals surface area contributed by atoms with E-state index in [0.717, 1.165) is 23.6 Å². The monoisotopic (exact) mass is 273 g/mol. The van der Waals surface area contributed by atoms with Crippen LogP contribution in [0, 0.1) is 6.92 Å². The highest BCUT2D eigenvalue weighted by Crippen LogP contribution is 2.15. The summed E-state index contributed by atoms with van der Waals surface area (Å²) in [7, 11) is 0. The molecule has 0 fully saturated rings. The minimum absolute atomic E-state index is 0.107. The number of hydrogen-bond acceptors (Lipinski definition) is 3. The number of hydrogen-bond donors (Lipinski definition) is 1. The number of furan rings is 1. The number of rotatable bonds is 5. The van der Waals surface area contributed by atoms with E-state index in [1.165, 1.54) is 5.56 Å². The lowest BCUT2D eigenvalue weighted by molar-refractivity contribution is 0.270. The third-order valence-corrected chi connectivity index (χ3v) is 2.93. The first-order chi connectivity index (χ1) is 9.42. The van der Waals surface area contributed by atoms with Gasteiger partial charge in [0.15, 0.2) is 0 Å². The summed E-state index contributed by atoms with van der Waals surface area (Å²) in [6, 6.07) is 10.1. The Bertz CT molecular complexity index is 535. The van der Waals surface area contributed by atoms with Crippen molar-refractivity contribution in [2.45, 2.75) is 46.4 Å². The molecule has 3 heteroatoms. The molecule has 0 unspecified atom stereocenters. The van der Waals surface area contributed by atoms with E-state index in [1.807, 2.05) is 30.3 Å². The van der Waals surface area contributed by atoms with Crippen molar-refractivity contribution in [2.24, 2.45) is 0 Å². The molecule has 1 aromatic carbocycles. The normalized spacial score (nSPS) is 11.6. The number of ether oxygens (including phenoxy) is 1. The van der Waals surface area contributed by atoms with Crippen molar-refractivity contribution >= 4 is 0 Å². The Morgan fingerprint density at radius 2 is 1.85 bits per heavy atom. The predicted octanol–water partition coefficient (Wildman–Crippen LogP) is 4.06. The molecule has 3 nitrogen and oxygen atoms in total. The van der Waals surface area contributed by atoms with Gasteiger partial charge >= 0.3 is 0 Å². The second-order valence-electron chi connectivity index (χ2n) is 6.13. The van der Waals surface area contributed by atoms with Crippen LogP contribution in [0.1, 0.15) is 37.7 Å². The van der Waals surface area contributed by atoms with Crippen molar-refractivity contribution < 1.29 is 9.15 Å².